The van der Waals surface area contributed by atoms with E-state index in [0.717, 1.165) is 13.1 Å². The van der Waals surface area contributed by atoms with Gasteiger partial charge in [0, 0.05) is 31.9 Å². The van der Waals surface area contributed by atoms with Gasteiger partial charge in [-0.25, -0.2) is 0 Å². The highest BCUT2D eigenvalue weighted by Gasteiger charge is 2.35. The van der Waals surface area contributed by atoms with Crippen LogP contribution in [0.5, 0.6) is 11.5 Å². The van der Waals surface area contributed by atoms with Crippen molar-refractivity contribution in [3.8, 4) is 11.5 Å². The first kappa shape index (κ1) is 15.7. The van der Waals surface area contributed by atoms with Crippen LogP contribution in [0.1, 0.15) is 5.56 Å². The van der Waals surface area contributed by atoms with Crippen molar-refractivity contribution in [2.24, 2.45) is 0 Å². The molecule has 2 aromatic carbocycles. The molecule has 0 saturated carbocycles. The van der Waals surface area contributed by atoms with Crippen molar-refractivity contribution in [2.45, 2.75) is 6.18 Å². The minimum Gasteiger partial charge on any atom is -0.457 e. The third-order valence-corrected chi connectivity index (χ3v) is 3.72. The Balaban J connectivity index is 1.92. The molecule has 0 aromatic heterocycles. The molecule has 23 heavy (non-hydrogen) atoms. The third kappa shape index (κ3) is 3.76. The van der Waals surface area contributed by atoms with Crippen molar-refractivity contribution >= 4 is 5.69 Å². The van der Waals surface area contributed by atoms with Gasteiger partial charge in [-0.05, 0) is 30.3 Å². The number of halogens is 3. The molecule has 0 aliphatic carbocycles. The summed E-state index contributed by atoms with van der Waals surface area (Å²) >= 11 is 0. The molecule has 1 fully saturated rings. The zero-order valence-corrected chi connectivity index (χ0v) is 12.4. The largest absolute Gasteiger partial charge is 0.457 e. The fraction of sp³-hybridized carbons (Fsp3) is 0.294. The van der Waals surface area contributed by atoms with Crippen molar-refractivity contribution in [2.75, 3.05) is 31.1 Å². The number of rotatable bonds is 3. The van der Waals surface area contributed by atoms with Gasteiger partial charge in [-0.3, -0.25) is 0 Å². The van der Waals surface area contributed by atoms with Crippen LogP contribution in [0.15, 0.2) is 48.5 Å². The van der Waals surface area contributed by atoms with E-state index >= 15 is 0 Å². The van der Waals surface area contributed by atoms with E-state index in [1.807, 2.05) is 4.90 Å². The van der Waals surface area contributed by atoms with Gasteiger partial charge in [0.1, 0.15) is 17.1 Å². The highest BCUT2D eigenvalue weighted by molar-refractivity contribution is 5.55. The molecule has 0 radical (unpaired) electrons. The fourth-order valence-electron chi connectivity index (χ4n) is 2.56. The zero-order valence-electron chi connectivity index (χ0n) is 12.4. The van der Waals surface area contributed by atoms with Crippen LogP contribution >= 0.6 is 0 Å². The Hall–Kier alpha value is -2.21. The van der Waals surface area contributed by atoms with Gasteiger partial charge >= 0.3 is 6.18 Å². The average molecular weight is 322 g/mol. The first-order valence-electron chi connectivity index (χ1n) is 7.44. The number of benzene rings is 2. The molecule has 0 spiro atoms. The first-order valence-corrected chi connectivity index (χ1v) is 7.44. The topological polar surface area (TPSA) is 24.5 Å². The quantitative estimate of drug-likeness (QED) is 0.927. The van der Waals surface area contributed by atoms with Crippen molar-refractivity contribution < 1.29 is 17.9 Å². The molecule has 122 valence electrons. The van der Waals surface area contributed by atoms with Crippen LogP contribution in [-0.4, -0.2) is 26.2 Å². The highest BCUT2D eigenvalue weighted by Crippen LogP contribution is 2.40. The maximum atomic E-state index is 13.4. The van der Waals surface area contributed by atoms with Crippen LogP contribution < -0.4 is 15.0 Å². The number of nitrogens with zero attached hydrogens (tertiary/aromatic N) is 1. The van der Waals surface area contributed by atoms with Crippen molar-refractivity contribution in [3.05, 3.63) is 54.1 Å². The smallest absolute Gasteiger partial charge is 0.420 e. The number of ether oxygens (including phenoxy) is 1. The van der Waals surface area contributed by atoms with E-state index in [-0.39, 0.29) is 5.75 Å². The summed E-state index contributed by atoms with van der Waals surface area (Å²) in [4.78, 5) is 1.94. The summed E-state index contributed by atoms with van der Waals surface area (Å²) in [7, 11) is 0. The van der Waals surface area contributed by atoms with E-state index in [2.05, 4.69) is 5.32 Å². The number of nitrogens with one attached hydrogen (secondary N) is 1. The molecule has 0 bridgehead atoms. The molecular weight excluding hydrogens is 305 g/mol. The van der Waals surface area contributed by atoms with Crippen LogP contribution in [0, 0.1) is 0 Å². The summed E-state index contributed by atoms with van der Waals surface area (Å²) in [6, 6.07) is 12.7. The second-order valence-corrected chi connectivity index (χ2v) is 5.33. The molecule has 1 aliphatic rings. The second-order valence-electron chi connectivity index (χ2n) is 5.33. The monoisotopic (exact) mass is 322 g/mol. The van der Waals surface area contributed by atoms with Crippen molar-refractivity contribution in [3.63, 3.8) is 0 Å². The molecule has 1 saturated heterocycles. The predicted octanol–water partition coefficient (Wildman–Crippen LogP) is 3.91. The van der Waals surface area contributed by atoms with E-state index in [9.17, 15) is 13.2 Å². The van der Waals surface area contributed by atoms with Crippen LogP contribution in [-0.2, 0) is 6.18 Å². The summed E-state index contributed by atoms with van der Waals surface area (Å²) in [6.45, 7) is 2.92. The summed E-state index contributed by atoms with van der Waals surface area (Å²) in [6.07, 6.45) is -4.46. The normalized spacial score (nSPS) is 15.5. The van der Waals surface area contributed by atoms with Crippen molar-refractivity contribution in [1.29, 1.82) is 0 Å². The fourth-order valence-corrected chi connectivity index (χ4v) is 2.56. The summed E-state index contributed by atoms with van der Waals surface area (Å²) in [5, 5.41) is 3.18. The van der Waals surface area contributed by atoms with Gasteiger partial charge in [-0.15, -0.1) is 0 Å². The number of hydrogen-bond acceptors (Lipinski definition) is 3. The minimum atomic E-state index is -4.46. The van der Waals surface area contributed by atoms with Crippen LogP contribution in [0.4, 0.5) is 18.9 Å². The molecule has 0 atom stereocenters. The van der Waals surface area contributed by atoms with Gasteiger partial charge in [0.25, 0.3) is 0 Å². The Bertz CT molecular complexity index is 653. The number of piperazine rings is 1. The van der Waals surface area contributed by atoms with Gasteiger partial charge in [-0.2, -0.15) is 13.2 Å². The Morgan fingerprint density at radius 2 is 1.65 bits per heavy atom. The van der Waals surface area contributed by atoms with Crippen LogP contribution in [0.25, 0.3) is 0 Å². The lowest BCUT2D eigenvalue weighted by atomic mass is 10.1. The Morgan fingerprint density at radius 3 is 2.30 bits per heavy atom. The van der Waals surface area contributed by atoms with Crippen LogP contribution in [0.2, 0.25) is 0 Å². The van der Waals surface area contributed by atoms with E-state index in [0.29, 0.717) is 24.5 Å². The molecule has 1 aliphatic heterocycles. The maximum absolute atomic E-state index is 13.4. The molecule has 3 nitrogen and oxygen atoms in total. The van der Waals surface area contributed by atoms with Gasteiger partial charge in [0.05, 0.1) is 0 Å². The SMILES string of the molecule is FC(F)(F)c1cc(N2CCNCC2)ccc1Oc1ccccc1. The van der Waals surface area contributed by atoms with E-state index < -0.39 is 11.7 Å². The number of anilines is 1. The van der Waals surface area contributed by atoms with E-state index in [4.69, 9.17) is 4.74 Å². The Morgan fingerprint density at radius 1 is 0.957 bits per heavy atom. The Kier molecular flexibility index (Phi) is 4.43. The van der Waals surface area contributed by atoms with Crippen molar-refractivity contribution in [1.82, 2.24) is 5.32 Å². The standard InChI is InChI=1S/C17H17F3N2O/c18-17(19,20)15-12-13(22-10-8-21-9-11-22)6-7-16(15)23-14-4-2-1-3-5-14/h1-7,12,21H,8-11H2. The number of hydrogen-bond donors (Lipinski definition) is 1. The first-order chi connectivity index (χ1) is 11.0. The predicted molar refractivity (Wildman–Crippen MR) is 83.0 cm³/mol. The maximum Gasteiger partial charge on any atom is 0.420 e. The lowest BCUT2D eigenvalue weighted by Crippen LogP contribution is -2.43. The number of para-hydroxylation sites is 1. The molecule has 0 amide bonds. The second kappa shape index (κ2) is 6.50. The molecule has 2 aromatic rings. The molecule has 0 unspecified atom stereocenters. The lowest BCUT2D eigenvalue weighted by Gasteiger charge is -2.30. The molecule has 6 heteroatoms. The van der Waals surface area contributed by atoms with Gasteiger partial charge in [0.2, 0.25) is 0 Å². The van der Waals surface area contributed by atoms with Gasteiger partial charge < -0.3 is 15.0 Å². The molecule has 1 heterocycles. The van der Waals surface area contributed by atoms with Crippen LogP contribution in [0.3, 0.4) is 0 Å². The molecule has 3 rings (SSSR count). The summed E-state index contributed by atoms with van der Waals surface area (Å²) in [5.74, 6) is 0.204. The molecule has 1 N–H and O–H groups in total. The van der Waals surface area contributed by atoms with E-state index in [1.54, 1.807) is 36.4 Å². The lowest BCUT2D eigenvalue weighted by molar-refractivity contribution is -0.138. The van der Waals surface area contributed by atoms with Gasteiger partial charge in [-0.1, -0.05) is 18.2 Å². The van der Waals surface area contributed by atoms with E-state index in [1.165, 1.54) is 12.1 Å². The summed E-state index contributed by atoms with van der Waals surface area (Å²) in [5.41, 5.74) is -0.184. The highest BCUT2D eigenvalue weighted by atomic mass is 19.4. The molecular formula is C17H17F3N2O. The average Bonchev–Trinajstić information content (AvgIpc) is 2.56. The summed E-state index contributed by atoms with van der Waals surface area (Å²) < 4.78 is 45.6. The minimum absolute atomic E-state index is 0.178. The Labute approximate surface area is 132 Å². The number of alkyl halides is 3. The zero-order chi connectivity index (χ0) is 16.3. The van der Waals surface area contributed by atoms with Gasteiger partial charge in [0.15, 0.2) is 0 Å². The third-order valence-electron chi connectivity index (χ3n) is 3.72.